The summed E-state index contributed by atoms with van der Waals surface area (Å²) in [5.74, 6) is 1.29. The maximum Gasteiger partial charge on any atom is 0.332 e. The fourth-order valence-electron chi connectivity index (χ4n) is 2.47. The van der Waals surface area contributed by atoms with Crippen molar-refractivity contribution < 1.29 is 0 Å². The van der Waals surface area contributed by atoms with Gasteiger partial charge in [0, 0.05) is 33.1 Å². The number of hydrogen-bond acceptors (Lipinski definition) is 4. The van der Waals surface area contributed by atoms with E-state index in [1.807, 2.05) is 4.57 Å². The van der Waals surface area contributed by atoms with Crippen LogP contribution in [0.3, 0.4) is 0 Å². The molecule has 7 nitrogen and oxygen atoms in total. The van der Waals surface area contributed by atoms with Crippen LogP contribution in [0.5, 0.6) is 0 Å². The zero-order valence-electron chi connectivity index (χ0n) is 11.1. The van der Waals surface area contributed by atoms with Crippen LogP contribution in [-0.4, -0.2) is 25.2 Å². The maximum atomic E-state index is 12.3. The van der Waals surface area contributed by atoms with E-state index in [0.29, 0.717) is 30.2 Å². The summed E-state index contributed by atoms with van der Waals surface area (Å²) in [6.07, 6.45) is 2.17. The molecule has 0 atom stereocenters. The summed E-state index contributed by atoms with van der Waals surface area (Å²) < 4.78 is 4.43. The summed E-state index contributed by atoms with van der Waals surface area (Å²) in [6, 6.07) is 0. The van der Waals surface area contributed by atoms with Gasteiger partial charge in [-0.2, -0.15) is 0 Å². The second-order valence-corrected chi connectivity index (χ2v) is 5.06. The molecule has 1 aliphatic rings. The number of imidazole rings is 1. The number of fused-ring (bicyclic) bond motifs is 1. The normalized spacial score (nSPS) is 15.3. The van der Waals surface area contributed by atoms with Gasteiger partial charge in [-0.25, -0.2) is 9.78 Å². The molecular weight excluding hydrogens is 246 g/mol. The lowest BCUT2D eigenvalue weighted by Crippen LogP contribution is -2.37. The summed E-state index contributed by atoms with van der Waals surface area (Å²) in [5.41, 5.74) is 5.93. The van der Waals surface area contributed by atoms with Crippen LogP contribution in [0.1, 0.15) is 24.6 Å². The Morgan fingerprint density at radius 1 is 1.26 bits per heavy atom. The fourth-order valence-corrected chi connectivity index (χ4v) is 2.47. The van der Waals surface area contributed by atoms with E-state index in [-0.39, 0.29) is 11.2 Å². The topological polar surface area (TPSA) is 87.8 Å². The van der Waals surface area contributed by atoms with Crippen molar-refractivity contribution in [2.75, 3.05) is 6.54 Å². The highest BCUT2D eigenvalue weighted by molar-refractivity contribution is 5.71. The number of nitrogens with two attached hydrogens (primary N) is 1. The highest BCUT2D eigenvalue weighted by Gasteiger charge is 2.31. The van der Waals surface area contributed by atoms with Crippen molar-refractivity contribution in [2.24, 2.45) is 19.8 Å². The lowest BCUT2D eigenvalue weighted by Gasteiger charge is -2.07. The average molecular weight is 263 g/mol. The molecule has 0 unspecified atom stereocenters. The molecule has 1 fully saturated rings. The second-order valence-electron chi connectivity index (χ2n) is 5.06. The molecule has 0 saturated heterocycles. The monoisotopic (exact) mass is 263 g/mol. The van der Waals surface area contributed by atoms with Crippen LogP contribution in [0.15, 0.2) is 9.59 Å². The predicted molar refractivity (Wildman–Crippen MR) is 71.2 cm³/mol. The third-order valence-electron chi connectivity index (χ3n) is 3.67. The zero-order valence-corrected chi connectivity index (χ0v) is 11.1. The molecule has 0 spiro atoms. The third-order valence-corrected chi connectivity index (χ3v) is 3.67. The highest BCUT2D eigenvalue weighted by atomic mass is 16.2. The number of nitrogens with zero attached hydrogens (tertiary/aromatic N) is 4. The molecule has 0 aliphatic heterocycles. The van der Waals surface area contributed by atoms with E-state index in [0.717, 1.165) is 23.2 Å². The summed E-state index contributed by atoms with van der Waals surface area (Å²) in [6.45, 7) is 0.993. The minimum atomic E-state index is -0.350. The van der Waals surface area contributed by atoms with Gasteiger partial charge < -0.3 is 10.3 Å². The number of aromatic nitrogens is 4. The summed E-state index contributed by atoms with van der Waals surface area (Å²) >= 11 is 0. The quantitative estimate of drug-likeness (QED) is 0.790. The van der Waals surface area contributed by atoms with E-state index >= 15 is 0 Å². The van der Waals surface area contributed by atoms with Crippen LogP contribution in [0.4, 0.5) is 0 Å². The maximum absolute atomic E-state index is 12.3. The van der Waals surface area contributed by atoms with Gasteiger partial charge in [-0.15, -0.1) is 0 Å². The minimum absolute atomic E-state index is 0.300. The van der Waals surface area contributed by atoms with Gasteiger partial charge in [-0.05, 0) is 12.8 Å². The molecule has 3 rings (SSSR count). The Bertz CT molecular complexity index is 763. The Balaban J connectivity index is 2.45. The summed E-state index contributed by atoms with van der Waals surface area (Å²) in [4.78, 5) is 28.7. The van der Waals surface area contributed by atoms with Crippen LogP contribution in [-0.2, 0) is 20.6 Å². The molecular formula is C12H17N5O2. The van der Waals surface area contributed by atoms with Crippen LogP contribution in [0, 0.1) is 0 Å². The lowest BCUT2D eigenvalue weighted by molar-refractivity contribution is 0.668. The van der Waals surface area contributed by atoms with Crippen LogP contribution in [0.2, 0.25) is 0 Å². The van der Waals surface area contributed by atoms with Gasteiger partial charge in [0.05, 0.1) is 0 Å². The largest absolute Gasteiger partial charge is 0.332 e. The predicted octanol–water partition coefficient (Wildman–Crippen LogP) is -0.730. The Morgan fingerprint density at radius 3 is 2.53 bits per heavy atom. The minimum Gasteiger partial charge on any atom is -0.329 e. The Kier molecular flexibility index (Phi) is 2.60. The average Bonchev–Trinajstić information content (AvgIpc) is 3.17. The van der Waals surface area contributed by atoms with Crippen LogP contribution in [0.25, 0.3) is 11.2 Å². The lowest BCUT2D eigenvalue weighted by atomic mass is 10.4. The number of hydrogen-bond donors (Lipinski definition) is 1. The van der Waals surface area contributed by atoms with Crippen molar-refractivity contribution in [1.29, 1.82) is 0 Å². The van der Waals surface area contributed by atoms with Gasteiger partial charge in [0.25, 0.3) is 5.56 Å². The van der Waals surface area contributed by atoms with Crippen molar-refractivity contribution in [1.82, 2.24) is 18.7 Å². The van der Waals surface area contributed by atoms with E-state index in [9.17, 15) is 9.59 Å². The summed E-state index contributed by atoms with van der Waals surface area (Å²) in [7, 11) is 3.13. The Labute approximate surface area is 109 Å². The molecule has 2 heterocycles. The van der Waals surface area contributed by atoms with Crippen molar-refractivity contribution >= 4 is 11.2 Å². The van der Waals surface area contributed by atoms with Crippen molar-refractivity contribution in [3.8, 4) is 0 Å². The van der Waals surface area contributed by atoms with E-state index in [4.69, 9.17) is 5.73 Å². The van der Waals surface area contributed by atoms with Crippen LogP contribution >= 0.6 is 0 Å². The standard InChI is InChI=1S/C12H17N5O2/c1-15-10-8(11(18)16(2)12(15)19)17(6-5-13)9(14-10)7-3-4-7/h7H,3-6,13H2,1-2H3. The zero-order chi connectivity index (χ0) is 13.7. The summed E-state index contributed by atoms with van der Waals surface area (Å²) in [5, 5.41) is 0. The van der Waals surface area contributed by atoms with Gasteiger partial charge in [0.1, 0.15) is 5.82 Å². The smallest absolute Gasteiger partial charge is 0.329 e. The van der Waals surface area contributed by atoms with Crippen molar-refractivity contribution in [2.45, 2.75) is 25.3 Å². The van der Waals surface area contributed by atoms with Crippen molar-refractivity contribution in [3.05, 3.63) is 26.7 Å². The van der Waals surface area contributed by atoms with Gasteiger partial charge in [0.15, 0.2) is 11.2 Å². The SMILES string of the molecule is Cn1c(=O)c2c(nc(C3CC3)n2CCN)n(C)c1=O. The molecule has 102 valence electrons. The molecule has 0 amide bonds. The number of aryl methyl sites for hydroxylation is 1. The molecule has 1 aliphatic carbocycles. The molecule has 0 bridgehead atoms. The Hall–Kier alpha value is -1.89. The molecule has 1 saturated carbocycles. The van der Waals surface area contributed by atoms with Crippen LogP contribution < -0.4 is 17.0 Å². The Morgan fingerprint density at radius 2 is 1.95 bits per heavy atom. The van der Waals surface area contributed by atoms with E-state index in [1.165, 1.54) is 11.6 Å². The van der Waals surface area contributed by atoms with E-state index < -0.39 is 0 Å². The molecule has 0 radical (unpaired) electrons. The highest BCUT2D eigenvalue weighted by Crippen LogP contribution is 2.40. The third kappa shape index (κ3) is 1.65. The molecule has 7 heteroatoms. The first-order valence-electron chi connectivity index (χ1n) is 6.42. The first-order valence-corrected chi connectivity index (χ1v) is 6.42. The molecule has 0 aromatic carbocycles. The van der Waals surface area contributed by atoms with E-state index in [2.05, 4.69) is 4.98 Å². The van der Waals surface area contributed by atoms with Gasteiger partial charge in [0.2, 0.25) is 0 Å². The molecule has 2 aromatic rings. The fraction of sp³-hybridized carbons (Fsp3) is 0.583. The second kappa shape index (κ2) is 4.06. The van der Waals surface area contributed by atoms with Gasteiger partial charge in [-0.1, -0.05) is 0 Å². The van der Waals surface area contributed by atoms with Crippen molar-refractivity contribution in [3.63, 3.8) is 0 Å². The molecule has 2 aromatic heterocycles. The number of rotatable bonds is 3. The van der Waals surface area contributed by atoms with E-state index in [1.54, 1.807) is 7.05 Å². The molecule has 2 N–H and O–H groups in total. The van der Waals surface area contributed by atoms with Gasteiger partial charge in [-0.3, -0.25) is 13.9 Å². The molecule has 19 heavy (non-hydrogen) atoms. The first kappa shape index (κ1) is 12.2. The first-order chi connectivity index (χ1) is 9.06. The van der Waals surface area contributed by atoms with Gasteiger partial charge >= 0.3 is 5.69 Å².